The Morgan fingerprint density at radius 2 is 0.667 bits per heavy atom. The molecule has 0 aliphatic rings. The van der Waals surface area contributed by atoms with Crippen molar-refractivity contribution in [2.75, 3.05) is 13.2 Å². The molecule has 0 bridgehead atoms. The number of carbonyl (C=O) groups is 3. The van der Waals surface area contributed by atoms with Crippen LogP contribution < -0.4 is 0 Å². The van der Waals surface area contributed by atoms with Gasteiger partial charge in [0, 0.05) is 19.3 Å². The van der Waals surface area contributed by atoms with Crippen molar-refractivity contribution < 1.29 is 28.6 Å². The minimum absolute atomic E-state index is 0.0980. The van der Waals surface area contributed by atoms with Crippen LogP contribution in [0, 0.1) is 0 Å². The highest BCUT2D eigenvalue weighted by Crippen LogP contribution is 2.15. The first-order valence-corrected chi connectivity index (χ1v) is 27.0. The van der Waals surface area contributed by atoms with Crippen LogP contribution in [-0.2, 0) is 28.6 Å². The second kappa shape index (κ2) is 53.7. The predicted octanol–water partition coefficient (Wildman–Crippen LogP) is 17.9. The number of hydrogen-bond donors (Lipinski definition) is 0. The molecule has 0 aromatic rings. The van der Waals surface area contributed by atoms with Crippen LogP contribution in [-0.4, -0.2) is 37.2 Å². The normalized spacial score (nSPS) is 13.0. The van der Waals surface area contributed by atoms with Crippen molar-refractivity contribution in [1.82, 2.24) is 0 Å². The number of unbranched alkanes of at least 4 members (excludes halogenated alkanes) is 23. The highest BCUT2D eigenvalue weighted by Gasteiger charge is 2.19. The first-order valence-electron chi connectivity index (χ1n) is 27.0. The number of hydrogen-bond acceptors (Lipinski definition) is 6. The van der Waals surface area contributed by atoms with E-state index < -0.39 is 6.10 Å². The van der Waals surface area contributed by atoms with E-state index in [1.807, 2.05) is 60.8 Å². The fourth-order valence-corrected chi connectivity index (χ4v) is 7.19. The number of carbonyl (C=O) groups excluding carboxylic acids is 3. The van der Waals surface area contributed by atoms with Gasteiger partial charge in [0.15, 0.2) is 6.10 Å². The second-order valence-corrected chi connectivity index (χ2v) is 17.5. The van der Waals surface area contributed by atoms with Gasteiger partial charge in [-0.05, 0) is 70.6 Å². The lowest BCUT2D eigenvalue weighted by molar-refractivity contribution is -0.167. The molecule has 0 aromatic heterocycles. The molecular formula is C60H98O6. The molecule has 0 aliphatic heterocycles. The van der Waals surface area contributed by atoms with Crippen LogP contribution in [0.4, 0.5) is 0 Å². The molecule has 0 spiro atoms. The van der Waals surface area contributed by atoms with Crippen LogP contribution in [0.5, 0.6) is 0 Å². The molecule has 0 heterocycles. The van der Waals surface area contributed by atoms with Crippen LogP contribution >= 0.6 is 0 Å². The van der Waals surface area contributed by atoms with Crippen LogP contribution in [0.2, 0.25) is 0 Å². The van der Waals surface area contributed by atoms with Crippen LogP contribution in [0.15, 0.2) is 109 Å². The van der Waals surface area contributed by atoms with Crippen LogP contribution in [0.25, 0.3) is 0 Å². The Balaban J connectivity index is 4.50. The van der Waals surface area contributed by atoms with E-state index in [2.05, 4.69) is 69.4 Å². The van der Waals surface area contributed by atoms with Crippen molar-refractivity contribution in [3.63, 3.8) is 0 Å². The molecule has 6 nitrogen and oxygen atoms in total. The summed E-state index contributed by atoms with van der Waals surface area (Å²) in [7, 11) is 0. The Kier molecular flexibility index (Phi) is 50.5. The Morgan fingerprint density at radius 3 is 1.12 bits per heavy atom. The fraction of sp³-hybridized carbons (Fsp3) is 0.650. The first kappa shape index (κ1) is 62.1. The SMILES string of the molecule is CC\C=C/C=C\C=C/C=C\C=C\C=C/CCCCCC(=O)OCC(COC(=O)CCCCCCCCCCCCCCCCC)OC(=O)CCCCCCCC/C=C\C/C=C\C/C=C\CC. The van der Waals surface area contributed by atoms with Gasteiger partial charge in [0.05, 0.1) is 0 Å². The molecule has 6 heteroatoms. The molecule has 0 rings (SSSR count). The molecule has 374 valence electrons. The maximum atomic E-state index is 12.8. The third-order valence-corrected chi connectivity index (χ3v) is 11.2. The Bertz CT molecular complexity index is 1370. The topological polar surface area (TPSA) is 78.9 Å². The molecule has 1 unspecified atom stereocenters. The van der Waals surface area contributed by atoms with Gasteiger partial charge in [-0.15, -0.1) is 0 Å². The van der Waals surface area contributed by atoms with Crippen LogP contribution in [0.3, 0.4) is 0 Å². The van der Waals surface area contributed by atoms with Gasteiger partial charge in [0.25, 0.3) is 0 Å². The molecule has 0 amide bonds. The number of esters is 3. The van der Waals surface area contributed by atoms with E-state index in [-0.39, 0.29) is 31.1 Å². The zero-order valence-corrected chi connectivity index (χ0v) is 42.7. The molecule has 1 atom stereocenters. The lowest BCUT2D eigenvalue weighted by Gasteiger charge is -2.18. The van der Waals surface area contributed by atoms with Gasteiger partial charge < -0.3 is 14.2 Å². The van der Waals surface area contributed by atoms with Gasteiger partial charge in [-0.1, -0.05) is 252 Å². The average molecular weight is 915 g/mol. The summed E-state index contributed by atoms with van der Waals surface area (Å²) in [5.74, 6) is -0.957. The lowest BCUT2D eigenvalue weighted by Crippen LogP contribution is -2.30. The summed E-state index contributed by atoms with van der Waals surface area (Å²) in [5.41, 5.74) is 0. The van der Waals surface area contributed by atoms with Crippen molar-refractivity contribution >= 4 is 17.9 Å². The van der Waals surface area contributed by atoms with Gasteiger partial charge in [0.1, 0.15) is 13.2 Å². The quantitative estimate of drug-likeness (QED) is 0.0199. The second-order valence-electron chi connectivity index (χ2n) is 17.5. The highest BCUT2D eigenvalue weighted by atomic mass is 16.6. The van der Waals surface area contributed by atoms with Crippen molar-refractivity contribution in [2.45, 2.75) is 239 Å². The standard InChI is InChI=1S/C60H98O6/c1-4-7-10-13-16-19-22-25-28-30-33-35-38-41-44-47-50-53-59(62)65-56-57(55-64-58(61)52-49-46-43-40-37-34-31-27-24-21-18-15-12-9-6-3)66-60(63)54-51-48-45-42-39-36-32-29-26-23-20-17-14-11-8-5-2/h7-8,10-11,13,16-17,19-20,22,25-26,28-30,33,35,38,57H,4-6,9,12,14-15,18,21,23-24,27,31-32,34,36-37,39-56H2,1-3H3/b10-7-,11-8-,16-13-,20-17-,22-19-,28-25-,29-26-,33-30+,38-35-. The van der Waals surface area contributed by atoms with Crippen molar-refractivity contribution in [1.29, 1.82) is 0 Å². The molecular weight excluding hydrogens is 817 g/mol. The van der Waals surface area contributed by atoms with E-state index in [0.717, 1.165) is 103 Å². The van der Waals surface area contributed by atoms with Crippen molar-refractivity contribution in [2.24, 2.45) is 0 Å². The van der Waals surface area contributed by atoms with E-state index in [1.54, 1.807) is 0 Å². The van der Waals surface area contributed by atoms with Gasteiger partial charge in [-0.3, -0.25) is 14.4 Å². The molecule has 0 aliphatic carbocycles. The first-order chi connectivity index (χ1) is 32.5. The van der Waals surface area contributed by atoms with Crippen LogP contribution in [0.1, 0.15) is 233 Å². The smallest absolute Gasteiger partial charge is 0.306 e. The Morgan fingerprint density at radius 1 is 0.333 bits per heavy atom. The van der Waals surface area contributed by atoms with Gasteiger partial charge in [0.2, 0.25) is 0 Å². The predicted molar refractivity (Wildman–Crippen MR) is 283 cm³/mol. The molecule has 0 fully saturated rings. The van der Waals surface area contributed by atoms with Crippen molar-refractivity contribution in [3.05, 3.63) is 109 Å². The summed E-state index contributed by atoms with van der Waals surface area (Å²) >= 11 is 0. The number of allylic oxidation sites excluding steroid dienone is 18. The maximum Gasteiger partial charge on any atom is 0.306 e. The zero-order valence-electron chi connectivity index (χ0n) is 42.7. The monoisotopic (exact) mass is 915 g/mol. The molecule has 0 radical (unpaired) electrons. The number of rotatable bonds is 47. The highest BCUT2D eigenvalue weighted by molar-refractivity contribution is 5.71. The third-order valence-electron chi connectivity index (χ3n) is 11.2. The van der Waals surface area contributed by atoms with Gasteiger partial charge >= 0.3 is 17.9 Å². The fourth-order valence-electron chi connectivity index (χ4n) is 7.19. The van der Waals surface area contributed by atoms with Gasteiger partial charge in [-0.2, -0.15) is 0 Å². The summed E-state index contributed by atoms with van der Waals surface area (Å²) in [6.45, 7) is 6.34. The summed E-state index contributed by atoms with van der Waals surface area (Å²) in [6, 6.07) is 0. The average Bonchev–Trinajstić information content (AvgIpc) is 3.31. The lowest BCUT2D eigenvalue weighted by atomic mass is 10.0. The molecule has 0 saturated heterocycles. The molecule has 66 heavy (non-hydrogen) atoms. The summed E-state index contributed by atoms with van der Waals surface area (Å²) in [5, 5.41) is 0. The Labute approximate surface area is 406 Å². The Hall–Kier alpha value is -3.93. The molecule has 0 N–H and O–H groups in total. The van der Waals surface area contributed by atoms with E-state index in [1.165, 1.54) is 89.9 Å². The number of ether oxygens (including phenoxy) is 3. The summed E-state index contributed by atoms with van der Waals surface area (Å²) < 4.78 is 16.8. The molecule has 0 aromatic carbocycles. The zero-order chi connectivity index (χ0) is 47.9. The van der Waals surface area contributed by atoms with E-state index in [4.69, 9.17) is 14.2 Å². The summed E-state index contributed by atoms with van der Waals surface area (Å²) in [4.78, 5) is 38.1. The van der Waals surface area contributed by atoms with E-state index >= 15 is 0 Å². The maximum absolute atomic E-state index is 12.8. The minimum Gasteiger partial charge on any atom is -0.462 e. The molecule has 0 saturated carbocycles. The largest absolute Gasteiger partial charge is 0.462 e. The minimum atomic E-state index is -0.804. The van der Waals surface area contributed by atoms with Crippen molar-refractivity contribution in [3.8, 4) is 0 Å². The summed E-state index contributed by atoms with van der Waals surface area (Å²) in [6.07, 6.45) is 72.1. The van der Waals surface area contributed by atoms with E-state index in [9.17, 15) is 14.4 Å². The third kappa shape index (κ3) is 51.1. The van der Waals surface area contributed by atoms with Gasteiger partial charge in [-0.25, -0.2) is 0 Å². The van der Waals surface area contributed by atoms with E-state index in [0.29, 0.717) is 19.3 Å².